The molecule has 3 heterocycles. The maximum Gasteiger partial charge on any atom is 0.269 e. The predicted molar refractivity (Wildman–Crippen MR) is 150 cm³/mol. The minimum atomic E-state index is -3.92. The van der Waals surface area contributed by atoms with Crippen LogP contribution in [0.1, 0.15) is 38.3 Å². The normalized spacial score (nSPS) is 16.6. The maximum atomic E-state index is 13.7. The largest absolute Gasteiger partial charge is 0.269 e. The highest BCUT2D eigenvalue weighted by atomic mass is 32.2. The Morgan fingerprint density at radius 1 is 0.897 bits per heavy atom. The fourth-order valence-corrected chi connectivity index (χ4v) is 9.23. The van der Waals surface area contributed by atoms with Gasteiger partial charge in [-0.05, 0) is 66.3 Å². The monoisotopic (exact) mass is 587 g/mol. The Morgan fingerprint density at radius 3 is 2.15 bits per heavy atom. The fourth-order valence-electron chi connectivity index (χ4n) is 4.81. The molecule has 9 nitrogen and oxygen atoms in total. The van der Waals surface area contributed by atoms with E-state index in [4.69, 9.17) is 0 Å². The molecule has 12 heteroatoms. The molecule has 0 saturated carbocycles. The zero-order chi connectivity index (χ0) is 28.0. The van der Waals surface area contributed by atoms with Gasteiger partial charge < -0.3 is 0 Å². The van der Waals surface area contributed by atoms with E-state index in [1.807, 2.05) is 19.9 Å². The van der Waals surface area contributed by atoms with Crippen LogP contribution >= 0.6 is 0 Å². The van der Waals surface area contributed by atoms with Crippen LogP contribution in [0, 0.1) is 0 Å². The molecule has 0 spiro atoms. The summed E-state index contributed by atoms with van der Waals surface area (Å²) >= 11 is 0. The number of hydrogen-bond acceptors (Lipinski definition) is 7. The first-order chi connectivity index (χ1) is 18.4. The highest BCUT2D eigenvalue weighted by Gasteiger charge is 2.28. The molecule has 1 fully saturated rings. The Hall–Kier alpha value is -3.06. The van der Waals surface area contributed by atoms with E-state index in [-0.39, 0.29) is 40.1 Å². The van der Waals surface area contributed by atoms with Crippen molar-refractivity contribution in [1.29, 1.82) is 0 Å². The molecule has 0 radical (unpaired) electrons. The number of nitrogens with one attached hydrogen (secondary N) is 1. The first-order valence-electron chi connectivity index (χ1n) is 12.5. The molecule has 5 rings (SSSR count). The molecule has 2 aromatic heterocycles. The van der Waals surface area contributed by atoms with Gasteiger partial charge >= 0.3 is 0 Å². The highest BCUT2D eigenvalue weighted by Crippen LogP contribution is 2.35. The average molecular weight is 588 g/mol. The van der Waals surface area contributed by atoms with Gasteiger partial charge in [0.1, 0.15) is 9.84 Å². The van der Waals surface area contributed by atoms with Crippen LogP contribution in [0.5, 0.6) is 0 Å². The number of fused-ring (bicyclic) bond motifs is 1. The van der Waals surface area contributed by atoms with Crippen LogP contribution in [0.2, 0.25) is 0 Å². The van der Waals surface area contributed by atoms with Crippen molar-refractivity contribution in [3.63, 3.8) is 0 Å². The number of pyridine rings is 1. The molecule has 1 aliphatic heterocycles. The quantitative estimate of drug-likeness (QED) is 0.347. The van der Waals surface area contributed by atoms with Crippen molar-refractivity contribution in [3.8, 4) is 11.1 Å². The van der Waals surface area contributed by atoms with Gasteiger partial charge in [-0.25, -0.2) is 38.9 Å². The molecule has 1 N–H and O–H groups in total. The van der Waals surface area contributed by atoms with Crippen molar-refractivity contribution in [1.82, 2.24) is 13.7 Å². The summed E-state index contributed by atoms with van der Waals surface area (Å²) in [5.41, 5.74) is 2.31. The molecule has 0 atom stereocenters. The lowest BCUT2D eigenvalue weighted by Gasteiger charge is -2.22. The minimum Gasteiger partial charge on any atom is -0.237 e. The van der Waals surface area contributed by atoms with Crippen molar-refractivity contribution in [2.24, 2.45) is 0 Å². The van der Waals surface area contributed by atoms with E-state index in [9.17, 15) is 25.3 Å². The first-order valence-corrected chi connectivity index (χ1v) is 17.3. The summed E-state index contributed by atoms with van der Waals surface area (Å²) in [5.74, 6) is -0.177. The van der Waals surface area contributed by atoms with Gasteiger partial charge in [-0.3, -0.25) is 0 Å². The summed E-state index contributed by atoms with van der Waals surface area (Å²) in [6, 6.07) is 17.7. The molecule has 39 heavy (non-hydrogen) atoms. The van der Waals surface area contributed by atoms with Gasteiger partial charge in [-0.1, -0.05) is 44.2 Å². The van der Waals surface area contributed by atoms with Crippen LogP contribution in [0.4, 0.5) is 0 Å². The van der Waals surface area contributed by atoms with E-state index in [2.05, 4.69) is 9.71 Å². The number of sulfone groups is 1. The third-order valence-electron chi connectivity index (χ3n) is 6.91. The number of benzene rings is 2. The van der Waals surface area contributed by atoms with Gasteiger partial charge in [-0.2, -0.15) is 0 Å². The van der Waals surface area contributed by atoms with Crippen LogP contribution in [0.3, 0.4) is 0 Å². The molecule has 0 amide bonds. The van der Waals surface area contributed by atoms with Crippen LogP contribution in [-0.2, 0) is 29.9 Å². The van der Waals surface area contributed by atoms with E-state index < -0.39 is 35.9 Å². The Bertz CT molecular complexity index is 1830. The average Bonchev–Trinajstić information content (AvgIpc) is 3.32. The van der Waals surface area contributed by atoms with Crippen molar-refractivity contribution in [3.05, 3.63) is 78.6 Å². The Labute approximate surface area is 228 Å². The standard InChI is InChI=1S/C27H29N3O6S3/c1-19(2)26-18-25-24(12-15-28-27(25)30(26)39(35,36)23-6-4-3-5-7-23)20-8-10-22(11-9-20)38(33,34)29-21-13-16-37(31,32)17-14-21/h3-12,15,18-19,21,29H,13-14,16-17H2,1-2H3. The summed E-state index contributed by atoms with van der Waals surface area (Å²) in [5, 5.41) is 0.637. The van der Waals surface area contributed by atoms with E-state index in [1.54, 1.807) is 54.7 Å². The number of nitrogens with zero attached hydrogens (tertiary/aromatic N) is 2. The van der Waals surface area contributed by atoms with Gasteiger partial charge in [0.2, 0.25) is 10.0 Å². The fraction of sp³-hybridized carbons (Fsp3) is 0.296. The van der Waals surface area contributed by atoms with E-state index >= 15 is 0 Å². The summed E-state index contributed by atoms with van der Waals surface area (Å²) in [6.07, 6.45) is 2.04. The smallest absolute Gasteiger partial charge is 0.237 e. The molecule has 0 aliphatic carbocycles. The molecular weight excluding hydrogens is 559 g/mol. The lowest BCUT2D eigenvalue weighted by Crippen LogP contribution is -2.40. The van der Waals surface area contributed by atoms with E-state index in [0.717, 1.165) is 5.56 Å². The lowest BCUT2D eigenvalue weighted by atomic mass is 10.0. The zero-order valence-electron chi connectivity index (χ0n) is 21.5. The molecular formula is C27H29N3O6S3. The minimum absolute atomic E-state index is 0.0326. The number of rotatable bonds is 7. The summed E-state index contributed by atoms with van der Waals surface area (Å²) in [7, 11) is -10.9. The number of sulfonamides is 1. The molecule has 0 bridgehead atoms. The van der Waals surface area contributed by atoms with Gasteiger partial charge in [-0.15, -0.1) is 0 Å². The van der Waals surface area contributed by atoms with Crippen molar-refractivity contribution in [2.45, 2.75) is 48.4 Å². The van der Waals surface area contributed by atoms with Gasteiger partial charge in [0.25, 0.3) is 10.0 Å². The molecule has 4 aromatic rings. The SMILES string of the molecule is CC(C)c1cc2c(-c3ccc(S(=O)(=O)NC4CCS(=O)(=O)CC4)cc3)ccnc2n1S(=O)(=O)c1ccccc1. The molecule has 206 valence electrons. The Balaban J connectivity index is 1.52. The molecule has 0 unspecified atom stereocenters. The van der Waals surface area contributed by atoms with Crippen LogP contribution in [0.25, 0.3) is 22.2 Å². The topological polar surface area (TPSA) is 132 Å². The third-order valence-corrected chi connectivity index (χ3v) is 11.9. The predicted octanol–water partition coefficient (Wildman–Crippen LogP) is 3.92. The highest BCUT2D eigenvalue weighted by molar-refractivity contribution is 7.91. The second-order valence-corrected chi connectivity index (χ2v) is 15.8. The van der Waals surface area contributed by atoms with Crippen LogP contribution in [0.15, 0.2) is 82.7 Å². The van der Waals surface area contributed by atoms with E-state index in [0.29, 0.717) is 22.3 Å². The molecule has 1 saturated heterocycles. The third kappa shape index (κ3) is 5.38. The number of aromatic nitrogens is 2. The number of hydrogen-bond donors (Lipinski definition) is 1. The first kappa shape index (κ1) is 27.5. The van der Waals surface area contributed by atoms with Crippen molar-refractivity contribution in [2.75, 3.05) is 11.5 Å². The lowest BCUT2D eigenvalue weighted by molar-refractivity contribution is 0.505. The van der Waals surface area contributed by atoms with Gasteiger partial charge in [0, 0.05) is 23.3 Å². The van der Waals surface area contributed by atoms with Gasteiger partial charge in [0.05, 0.1) is 21.3 Å². The second kappa shape index (κ2) is 10.2. The molecule has 2 aromatic carbocycles. The Kier molecular flexibility index (Phi) is 7.17. The molecule has 1 aliphatic rings. The maximum absolute atomic E-state index is 13.7. The summed E-state index contributed by atoms with van der Waals surface area (Å²) < 4.78 is 80.4. The van der Waals surface area contributed by atoms with E-state index in [1.165, 1.54) is 16.1 Å². The Morgan fingerprint density at radius 2 is 1.54 bits per heavy atom. The summed E-state index contributed by atoms with van der Waals surface area (Å²) in [6.45, 7) is 3.83. The van der Waals surface area contributed by atoms with Gasteiger partial charge in [0.15, 0.2) is 5.65 Å². The summed E-state index contributed by atoms with van der Waals surface area (Å²) in [4.78, 5) is 4.66. The van der Waals surface area contributed by atoms with Crippen molar-refractivity contribution < 1.29 is 25.3 Å². The van der Waals surface area contributed by atoms with Crippen LogP contribution < -0.4 is 4.72 Å². The van der Waals surface area contributed by atoms with Crippen LogP contribution in [-0.4, -0.2) is 51.8 Å². The van der Waals surface area contributed by atoms with Crippen molar-refractivity contribution >= 4 is 40.9 Å². The second-order valence-electron chi connectivity index (χ2n) is 9.97. The zero-order valence-corrected chi connectivity index (χ0v) is 23.9.